The average molecular weight is 505 g/mol. The number of amides is 2. The number of methoxy groups -OCH3 is 3. The number of hydrogen-bond donors (Lipinski definition) is 1. The Kier molecular flexibility index (Phi) is 6.52. The Morgan fingerprint density at radius 2 is 1.57 bits per heavy atom. The number of likely N-dealkylation sites (N-methyl/N-ethyl adjacent to an activating group) is 1. The lowest BCUT2D eigenvalue weighted by Crippen LogP contribution is -2.44. The van der Waals surface area contributed by atoms with E-state index < -0.39 is 12.0 Å². The van der Waals surface area contributed by atoms with Gasteiger partial charge in [-0.25, -0.2) is 0 Å². The Balaban J connectivity index is 1.60. The van der Waals surface area contributed by atoms with Crippen molar-refractivity contribution in [2.75, 3.05) is 46.9 Å². The summed E-state index contributed by atoms with van der Waals surface area (Å²) in [4.78, 5) is 29.1. The lowest BCUT2D eigenvalue weighted by Gasteiger charge is -2.40. The van der Waals surface area contributed by atoms with E-state index in [1.807, 2.05) is 24.3 Å². The Labute approximate surface area is 214 Å². The molecule has 3 aromatic rings. The fourth-order valence-electron chi connectivity index (χ4n) is 4.89. The quantitative estimate of drug-likeness (QED) is 0.542. The number of rotatable bonds is 6. The van der Waals surface area contributed by atoms with Crippen molar-refractivity contribution in [1.29, 1.82) is 0 Å². The fraction of sp³-hybridized carbons (Fsp3) is 0.286. The van der Waals surface area contributed by atoms with E-state index in [-0.39, 0.29) is 11.8 Å². The van der Waals surface area contributed by atoms with Gasteiger partial charge >= 0.3 is 0 Å². The molecule has 1 N–H and O–H groups in total. The number of anilines is 1. The van der Waals surface area contributed by atoms with E-state index in [9.17, 15) is 9.59 Å². The molecule has 2 atom stereocenters. The van der Waals surface area contributed by atoms with E-state index in [2.05, 4.69) is 5.32 Å². The molecule has 0 aliphatic carbocycles. The molecular formula is C28H28N2O7. The van der Waals surface area contributed by atoms with Crippen LogP contribution in [0.3, 0.4) is 0 Å². The maximum absolute atomic E-state index is 14.0. The molecule has 0 saturated carbocycles. The van der Waals surface area contributed by atoms with Crippen LogP contribution in [0.2, 0.25) is 0 Å². The minimum atomic E-state index is -0.751. The predicted octanol–water partition coefficient (Wildman–Crippen LogP) is 4.03. The van der Waals surface area contributed by atoms with Gasteiger partial charge in [0, 0.05) is 24.4 Å². The minimum Gasteiger partial charge on any atom is -0.497 e. The van der Waals surface area contributed by atoms with Crippen molar-refractivity contribution in [3.63, 3.8) is 0 Å². The topological polar surface area (TPSA) is 95.6 Å². The number of carbonyl (C=O) groups excluding carboxylic acids is 2. The summed E-state index contributed by atoms with van der Waals surface area (Å²) >= 11 is 0. The number of hydrogen-bond acceptors (Lipinski definition) is 7. The summed E-state index contributed by atoms with van der Waals surface area (Å²) in [7, 11) is 6.31. The van der Waals surface area contributed by atoms with Crippen molar-refractivity contribution >= 4 is 17.5 Å². The van der Waals surface area contributed by atoms with Crippen molar-refractivity contribution in [3.05, 3.63) is 71.3 Å². The Hall–Kier alpha value is -4.40. The zero-order chi connectivity index (χ0) is 26.1. The van der Waals surface area contributed by atoms with Crippen LogP contribution in [0, 0.1) is 0 Å². The number of nitrogens with zero attached hydrogens (tertiary/aromatic N) is 1. The van der Waals surface area contributed by atoms with Gasteiger partial charge in [0.15, 0.2) is 23.0 Å². The lowest BCUT2D eigenvalue weighted by atomic mass is 9.79. The first-order chi connectivity index (χ1) is 17.9. The zero-order valence-corrected chi connectivity index (χ0v) is 21.1. The largest absolute Gasteiger partial charge is 0.497 e. The molecule has 0 unspecified atom stereocenters. The van der Waals surface area contributed by atoms with E-state index in [0.717, 1.165) is 5.56 Å². The molecule has 5 rings (SSSR count). The molecule has 9 nitrogen and oxygen atoms in total. The maximum Gasteiger partial charge on any atom is 0.254 e. The summed E-state index contributed by atoms with van der Waals surface area (Å²) in [6.45, 7) is 0.918. The highest BCUT2D eigenvalue weighted by molar-refractivity contribution is 6.05. The Bertz CT molecular complexity index is 1340. The number of nitrogens with one attached hydrogen (secondary N) is 1. The van der Waals surface area contributed by atoms with Crippen LogP contribution in [0.5, 0.6) is 28.7 Å². The predicted molar refractivity (Wildman–Crippen MR) is 136 cm³/mol. The van der Waals surface area contributed by atoms with Crippen LogP contribution < -0.4 is 29.0 Å². The van der Waals surface area contributed by atoms with Crippen molar-refractivity contribution in [2.24, 2.45) is 0 Å². The van der Waals surface area contributed by atoms with Gasteiger partial charge in [-0.3, -0.25) is 9.59 Å². The first-order valence-corrected chi connectivity index (χ1v) is 11.8. The molecule has 0 fully saturated rings. The third-order valence-electron chi connectivity index (χ3n) is 6.72. The molecule has 37 heavy (non-hydrogen) atoms. The minimum absolute atomic E-state index is 0.222. The molecule has 9 heteroatoms. The molecule has 2 aliphatic rings. The van der Waals surface area contributed by atoms with Gasteiger partial charge in [0.1, 0.15) is 19.0 Å². The van der Waals surface area contributed by atoms with E-state index >= 15 is 0 Å². The monoisotopic (exact) mass is 504 g/mol. The average Bonchev–Trinajstić information content (AvgIpc) is 2.94. The van der Waals surface area contributed by atoms with Crippen molar-refractivity contribution < 1.29 is 33.3 Å². The van der Waals surface area contributed by atoms with Gasteiger partial charge in [-0.05, 0) is 47.5 Å². The van der Waals surface area contributed by atoms with E-state index in [4.69, 9.17) is 23.7 Å². The van der Waals surface area contributed by atoms with Gasteiger partial charge in [-0.15, -0.1) is 0 Å². The van der Waals surface area contributed by atoms with Crippen molar-refractivity contribution in [2.45, 2.75) is 12.0 Å². The first kappa shape index (κ1) is 24.3. The highest BCUT2D eigenvalue weighted by Gasteiger charge is 2.43. The van der Waals surface area contributed by atoms with Crippen molar-refractivity contribution in [3.8, 4) is 28.7 Å². The zero-order valence-electron chi connectivity index (χ0n) is 21.1. The standard InChI is InChI=1S/C28H28N2O7/c1-30-26(16-5-8-18(33-2)9-6-16)25(19-14-22(34-3)23(35-4)15-20(19)28(30)32)27(31)29-17-7-10-21-24(13-17)37-12-11-36-21/h5-10,13-15,25-26H,11-12H2,1-4H3,(H,29,31)/t25-,26-/m1/s1. The molecule has 0 bridgehead atoms. The second-order valence-corrected chi connectivity index (χ2v) is 8.75. The van der Waals surface area contributed by atoms with E-state index in [0.29, 0.717) is 58.8 Å². The van der Waals surface area contributed by atoms with E-state index in [1.54, 1.807) is 49.4 Å². The molecule has 192 valence electrons. The third-order valence-corrected chi connectivity index (χ3v) is 6.72. The molecule has 2 aliphatic heterocycles. The highest BCUT2D eigenvalue weighted by Crippen LogP contribution is 2.46. The third kappa shape index (κ3) is 4.37. The van der Waals surface area contributed by atoms with Crippen LogP contribution in [-0.2, 0) is 4.79 Å². The maximum atomic E-state index is 14.0. The van der Waals surface area contributed by atoms with Gasteiger partial charge in [0.2, 0.25) is 5.91 Å². The number of fused-ring (bicyclic) bond motifs is 2. The normalized spacial score (nSPS) is 18.1. The molecular weight excluding hydrogens is 476 g/mol. The lowest BCUT2D eigenvalue weighted by molar-refractivity contribution is -0.119. The fourth-order valence-corrected chi connectivity index (χ4v) is 4.89. The summed E-state index contributed by atoms with van der Waals surface area (Å²) in [5.74, 6) is 1.47. The van der Waals surface area contributed by atoms with Gasteiger partial charge < -0.3 is 33.9 Å². The summed E-state index contributed by atoms with van der Waals surface area (Å²) in [6, 6.07) is 15.4. The van der Waals surface area contributed by atoms with Crippen LogP contribution in [-0.4, -0.2) is 58.3 Å². The van der Waals surface area contributed by atoms with Gasteiger partial charge in [-0.1, -0.05) is 12.1 Å². The second-order valence-electron chi connectivity index (χ2n) is 8.75. The second kappa shape index (κ2) is 9.93. The smallest absolute Gasteiger partial charge is 0.254 e. The van der Waals surface area contributed by atoms with Crippen LogP contribution in [0.25, 0.3) is 0 Å². The molecule has 0 radical (unpaired) electrons. The number of benzene rings is 3. The molecule has 2 amide bonds. The van der Waals surface area contributed by atoms with Crippen LogP contribution >= 0.6 is 0 Å². The first-order valence-electron chi connectivity index (χ1n) is 11.8. The van der Waals surface area contributed by atoms with Crippen molar-refractivity contribution in [1.82, 2.24) is 4.90 Å². The molecule has 0 spiro atoms. The molecule has 0 saturated heterocycles. The molecule has 3 aromatic carbocycles. The van der Waals surface area contributed by atoms with E-state index in [1.165, 1.54) is 14.2 Å². The van der Waals surface area contributed by atoms with Gasteiger partial charge in [0.05, 0.1) is 33.3 Å². The SMILES string of the molecule is COc1ccc([C@@H]2[C@H](C(=O)Nc3ccc4c(c3)OCCO4)c3cc(OC)c(OC)cc3C(=O)N2C)cc1. The van der Waals surface area contributed by atoms with Crippen LogP contribution in [0.1, 0.15) is 33.4 Å². The number of carbonyl (C=O) groups is 2. The Morgan fingerprint density at radius 1 is 0.892 bits per heavy atom. The van der Waals surface area contributed by atoms with Gasteiger partial charge in [-0.2, -0.15) is 0 Å². The number of ether oxygens (including phenoxy) is 5. The summed E-state index contributed by atoms with van der Waals surface area (Å²) in [6.07, 6.45) is 0. The highest BCUT2D eigenvalue weighted by atomic mass is 16.6. The van der Waals surface area contributed by atoms with Crippen LogP contribution in [0.4, 0.5) is 5.69 Å². The van der Waals surface area contributed by atoms with Gasteiger partial charge in [0.25, 0.3) is 5.91 Å². The summed E-state index contributed by atoms with van der Waals surface area (Å²) in [5, 5.41) is 3.02. The molecule has 0 aromatic heterocycles. The van der Waals surface area contributed by atoms with Crippen LogP contribution in [0.15, 0.2) is 54.6 Å². The Morgan fingerprint density at radius 3 is 2.24 bits per heavy atom. The summed E-state index contributed by atoms with van der Waals surface area (Å²) < 4.78 is 27.5. The molecule has 2 heterocycles. The summed E-state index contributed by atoms with van der Waals surface area (Å²) in [5.41, 5.74) is 2.28.